The largest absolute Gasteiger partial charge is 0.496 e. The topological polar surface area (TPSA) is 45.7 Å². The van der Waals surface area contributed by atoms with Gasteiger partial charge in [-0.1, -0.05) is 48.0 Å². The number of aliphatic imine (C=N–C) groups is 1. The van der Waals surface area contributed by atoms with Crippen LogP contribution in [0.2, 0.25) is 0 Å². The van der Waals surface area contributed by atoms with Crippen LogP contribution in [0.15, 0.2) is 53.5 Å². The summed E-state index contributed by atoms with van der Waals surface area (Å²) in [7, 11) is 3.51. The summed E-state index contributed by atoms with van der Waals surface area (Å²) in [5, 5.41) is 6.71. The Bertz CT molecular complexity index is 659. The smallest absolute Gasteiger partial charge is 0.190 e. The summed E-state index contributed by atoms with van der Waals surface area (Å²) in [6.45, 7) is 3.77. The van der Waals surface area contributed by atoms with Gasteiger partial charge in [0.1, 0.15) is 5.75 Å². The summed E-state index contributed by atoms with van der Waals surface area (Å²) in [6, 6.07) is 16.7. The first-order valence-corrected chi connectivity index (χ1v) is 8.35. The van der Waals surface area contributed by atoms with Crippen molar-refractivity contribution in [3.8, 4) is 5.75 Å². The molecule has 0 aliphatic carbocycles. The monoisotopic (exact) mass is 453 g/mol. The molecule has 0 bridgehead atoms. The van der Waals surface area contributed by atoms with Crippen LogP contribution < -0.4 is 15.4 Å². The Morgan fingerprint density at radius 3 is 2.32 bits per heavy atom. The summed E-state index contributed by atoms with van der Waals surface area (Å²) < 4.78 is 5.42. The maximum atomic E-state index is 5.42. The van der Waals surface area contributed by atoms with Crippen molar-refractivity contribution in [1.29, 1.82) is 0 Å². The number of methoxy groups -OCH3 is 1. The van der Waals surface area contributed by atoms with E-state index < -0.39 is 0 Å². The number of guanidine groups is 1. The first kappa shape index (κ1) is 21.3. The van der Waals surface area contributed by atoms with Crippen LogP contribution in [0.4, 0.5) is 0 Å². The van der Waals surface area contributed by atoms with E-state index in [0.29, 0.717) is 0 Å². The third-order valence-corrected chi connectivity index (χ3v) is 3.90. The van der Waals surface area contributed by atoms with Crippen LogP contribution in [-0.2, 0) is 12.8 Å². The summed E-state index contributed by atoms with van der Waals surface area (Å²) in [4.78, 5) is 4.27. The second kappa shape index (κ2) is 11.7. The minimum absolute atomic E-state index is 0. The number of nitrogens with one attached hydrogen (secondary N) is 2. The molecule has 0 amide bonds. The molecule has 0 saturated carbocycles. The van der Waals surface area contributed by atoms with Crippen molar-refractivity contribution in [2.75, 3.05) is 27.2 Å². The highest BCUT2D eigenvalue weighted by molar-refractivity contribution is 14.0. The van der Waals surface area contributed by atoms with Crippen LogP contribution in [0.5, 0.6) is 5.75 Å². The van der Waals surface area contributed by atoms with E-state index in [0.717, 1.165) is 37.6 Å². The first-order valence-electron chi connectivity index (χ1n) is 8.35. The van der Waals surface area contributed by atoms with Crippen LogP contribution in [0, 0.1) is 6.92 Å². The zero-order valence-corrected chi connectivity index (χ0v) is 17.5. The lowest BCUT2D eigenvalue weighted by atomic mass is 10.1. The average molecular weight is 453 g/mol. The normalized spacial score (nSPS) is 10.8. The van der Waals surface area contributed by atoms with E-state index in [4.69, 9.17) is 4.74 Å². The van der Waals surface area contributed by atoms with Gasteiger partial charge in [0.15, 0.2) is 5.96 Å². The van der Waals surface area contributed by atoms with Crippen molar-refractivity contribution in [2.24, 2.45) is 4.99 Å². The first-order chi connectivity index (χ1) is 11.7. The van der Waals surface area contributed by atoms with Crippen molar-refractivity contribution < 1.29 is 4.74 Å². The molecular weight excluding hydrogens is 425 g/mol. The molecule has 0 atom stereocenters. The molecule has 25 heavy (non-hydrogen) atoms. The predicted octanol–water partition coefficient (Wildman–Crippen LogP) is 3.57. The second-order valence-corrected chi connectivity index (χ2v) is 5.73. The van der Waals surface area contributed by atoms with E-state index in [9.17, 15) is 0 Å². The molecule has 0 saturated heterocycles. The number of hydrogen-bond acceptors (Lipinski definition) is 2. The Hall–Kier alpha value is -1.76. The molecule has 2 rings (SSSR count). The molecule has 2 aromatic carbocycles. The van der Waals surface area contributed by atoms with Crippen LogP contribution >= 0.6 is 24.0 Å². The predicted molar refractivity (Wildman–Crippen MR) is 116 cm³/mol. The van der Waals surface area contributed by atoms with Crippen molar-refractivity contribution in [3.63, 3.8) is 0 Å². The van der Waals surface area contributed by atoms with Crippen molar-refractivity contribution in [2.45, 2.75) is 19.8 Å². The van der Waals surface area contributed by atoms with Crippen molar-refractivity contribution in [3.05, 3.63) is 65.2 Å². The van der Waals surface area contributed by atoms with Gasteiger partial charge in [-0.2, -0.15) is 0 Å². The molecular formula is C20H28IN3O. The van der Waals surface area contributed by atoms with Gasteiger partial charge in [0.05, 0.1) is 7.11 Å². The average Bonchev–Trinajstić information content (AvgIpc) is 2.61. The van der Waals surface area contributed by atoms with Crippen LogP contribution in [-0.4, -0.2) is 33.2 Å². The highest BCUT2D eigenvalue weighted by atomic mass is 127. The van der Waals surface area contributed by atoms with E-state index in [1.54, 1.807) is 14.2 Å². The third-order valence-electron chi connectivity index (χ3n) is 3.90. The molecule has 2 aromatic rings. The number of hydrogen-bond donors (Lipinski definition) is 2. The van der Waals surface area contributed by atoms with E-state index in [1.807, 2.05) is 12.1 Å². The Balaban J connectivity index is 0.00000312. The van der Waals surface area contributed by atoms with Gasteiger partial charge in [0, 0.05) is 20.1 Å². The molecule has 136 valence electrons. The van der Waals surface area contributed by atoms with E-state index in [-0.39, 0.29) is 24.0 Å². The lowest BCUT2D eigenvalue weighted by Gasteiger charge is -2.13. The third kappa shape index (κ3) is 7.34. The number of nitrogens with zero attached hydrogens (tertiary/aromatic N) is 1. The molecule has 0 aliphatic rings. The van der Waals surface area contributed by atoms with Gasteiger partial charge < -0.3 is 15.4 Å². The zero-order chi connectivity index (χ0) is 17.2. The van der Waals surface area contributed by atoms with Gasteiger partial charge in [-0.15, -0.1) is 24.0 Å². The number of benzene rings is 2. The summed E-state index contributed by atoms with van der Waals surface area (Å²) in [6.07, 6.45) is 1.87. The fourth-order valence-electron chi connectivity index (χ4n) is 2.61. The summed E-state index contributed by atoms with van der Waals surface area (Å²) in [5.74, 6) is 1.77. The minimum atomic E-state index is 0. The Morgan fingerprint density at radius 1 is 1.00 bits per heavy atom. The van der Waals surface area contributed by atoms with Gasteiger partial charge >= 0.3 is 0 Å². The maximum absolute atomic E-state index is 5.42. The van der Waals surface area contributed by atoms with Crippen molar-refractivity contribution in [1.82, 2.24) is 10.6 Å². The number of halogens is 1. The quantitative estimate of drug-likeness (QED) is 0.383. The molecule has 4 nitrogen and oxygen atoms in total. The van der Waals surface area contributed by atoms with Crippen molar-refractivity contribution >= 4 is 29.9 Å². The maximum Gasteiger partial charge on any atom is 0.190 e. The van der Waals surface area contributed by atoms with Crippen LogP contribution in [0.1, 0.15) is 16.7 Å². The summed E-state index contributed by atoms with van der Waals surface area (Å²) >= 11 is 0. The number of rotatable bonds is 7. The molecule has 5 heteroatoms. The highest BCUT2D eigenvalue weighted by Crippen LogP contribution is 2.19. The SMILES string of the molecule is CN=C(NCCc1ccccc1)NCCc1cc(C)ccc1OC.I. The van der Waals surface area contributed by atoms with Crippen LogP contribution in [0.25, 0.3) is 0 Å². The van der Waals surface area contributed by atoms with Gasteiger partial charge in [0.25, 0.3) is 0 Å². The standard InChI is InChI=1S/C20H27N3O.HI/c1-16-9-10-19(24-3)18(15-16)12-14-23-20(21-2)22-13-11-17-7-5-4-6-8-17;/h4-10,15H,11-14H2,1-3H3,(H2,21,22,23);1H. The molecule has 0 spiro atoms. The van der Waals surface area contributed by atoms with E-state index in [2.05, 4.69) is 58.9 Å². The Morgan fingerprint density at radius 2 is 1.68 bits per heavy atom. The molecule has 0 radical (unpaired) electrons. The van der Waals surface area contributed by atoms with E-state index in [1.165, 1.54) is 16.7 Å². The van der Waals surface area contributed by atoms with Gasteiger partial charge in [-0.3, -0.25) is 4.99 Å². The lowest BCUT2D eigenvalue weighted by molar-refractivity contribution is 0.409. The second-order valence-electron chi connectivity index (χ2n) is 5.73. The minimum Gasteiger partial charge on any atom is -0.496 e. The molecule has 0 heterocycles. The highest BCUT2D eigenvalue weighted by Gasteiger charge is 2.04. The molecule has 0 fully saturated rings. The van der Waals surface area contributed by atoms with Gasteiger partial charge in [-0.25, -0.2) is 0 Å². The number of ether oxygens (including phenoxy) is 1. The summed E-state index contributed by atoms with van der Waals surface area (Å²) in [5.41, 5.74) is 3.78. The molecule has 0 unspecified atom stereocenters. The Labute approximate surface area is 168 Å². The van der Waals surface area contributed by atoms with Gasteiger partial charge in [-0.05, 0) is 37.0 Å². The molecule has 0 aromatic heterocycles. The Kier molecular flexibility index (Phi) is 9.99. The molecule has 2 N–H and O–H groups in total. The number of aryl methyl sites for hydroxylation is 1. The fourth-order valence-corrected chi connectivity index (χ4v) is 2.61. The zero-order valence-electron chi connectivity index (χ0n) is 15.2. The van der Waals surface area contributed by atoms with Crippen LogP contribution in [0.3, 0.4) is 0 Å². The van der Waals surface area contributed by atoms with E-state index >= 15 is 0 Å². The lowest BCUT2D eigenvalue weighted by Crippen LogP contribution is -2.39. The fraction of sp³-hybridized carbons (Fsp3) is 0.350. The molecule has 0 aliphatic heterocycles. The van der Waals surface area contributed by atoms with Gasteiger partial charge in [0.2, 0.25) is 0 Å².